The zero-order valence-electron chi connectivity index (χ0n) is 15.1. The van der Waals surface area contributed by atoms with Crippen LogP contribution < -0.4 is 10.6 Å². The van der Waals surface area contributed by atoms with Gasteiger partial charge in [0, 0.05) is 38.5 Å². The average Bonchev–Trinajstić information content (AvgIpc) is 2.72. The Morgan fingerprint density at radius 3 is 2.21 bits per heavy atom. The molecule has 2 rings (SSSR count). The lowest BCUT2D eigenvalue weighted by atomic mass is 9.77. The normalized spacial score (nSPS) is 19.2. The number of carbonyl (C=O) groups is 1. The van der Waals surface area contributed by atoms with E-state index in [4.69, 9.17) is 9.31 Å². The lowest BCUT2D eigenvalue weighted by Crippen LogP contribution is -2.41. The second-order valence-corrected chi connectivity index (χ2v) is 6.81. The number of hydrogen-bond donors (Lipinski definition) is 2. The standard InChI is InChI=1S/C16H25BN4O3/c1-11(22)19-10-13(7-12-8-20-14(18-6)21-9-12)17-23-15(2,3)16(4,5)24-17/h7-9H,10H2,1-6H3,(H,19,22)(H,18,20,21). The molecular formula is C16H25BN4O3. The monoisotopic (exact) mass is 332 g/mol. The van der Waals surface area contributed by atoms with E-state index in [0.717, 1.165) is 11.0 Å². The number of nitrogens with one attached hydrogen (secondary N) is 2. The molecule has 2 N–H and O–H groups in total. The van der Waals surface area contributed by atoms with Gasteiger partial charge in [0.25, 0.3) is 0 Å². The van der Waals surface area contributed by atoms with Crippen molar-refractivity contribution in [3.05, 3.63) is 23.4 Å². The molecule has 0 atom stereocenters. The summed E-state index contributed by atoms with van der Waals surface area (Å²) < 4.78 is 12.2. The summed E-state index contributed by atoms with van der Waals surface area (Å²) >= 11 is 0. The largest absolute Gasteiger partial charge is 0.492 e. The highest BCUT2D eigenvalue weighted by Gasteiger charge is 2.52. The number of anilines is 1. The SMILES string of the molecule is CNc1ncc(C=C(CNC(C)=O)B2OC(C)(C)C(C)(C)O2)cn1. The van der Waals surface area contributed by atoms with E-state index >= 15 is 0 Å². The Morgan fingerprint density at radius 2 is 1.75 bits per heavy atom. The first-order valence-corrected chi connectivity index (χ1v) is 7.95. The van der Waals surface area contributed by atoms with E-state index in [0.29, 0.717) is 12.5 Å². The van der Waals surface area contributed by atoms with E-state index in [1.165, 1.54) is 6.92 Å². The van der Waals surface area contributed by atoms with Crippen LogP contribution >= 0.6 is 0 Å². The van der Waals surface area contributed by atoms with Crippen LogP contribution in [0.1, 0.15) is 40.2 Å². The maximum Gasteiger partial charge on any atom is 0.492 e. The van der Waals surface area contributed by atoms with Crippen molar-refractivity contribution in [2.24, 2.45) is 0 Å². The summed E-state index contributed by atoms with van der Waals surface area (Å²) in [6.07, 6.45) is 5.30. The molecule has 1 aliphatic heterocycles. The fraction of sp³-hybridized carbons (Fsp3) is 0.562. The summed E-state index contributed by atoms with van der Waals surface area (Å²) in [6.45, 7) is 9.79. The fourth-order valence-corrected chi connectivity index (χ4v) is 2.18. The minimum Gasteiger partial charge on any atom is -0.400 e. The minimum atomic E-state index is -0.536. The highest BCUT2D eigenvalue weighted by atomic mass is 16.7. The van der Waals surface area contributed by atoms with E-state index in [1.807, 2.05) is 33.8 Å². The zero-order chi connectivity index (χ0) is 18.0. The summed E-state index contributed by atoms with van der Waals surface area (Å²) in [5, 5.41) is 5.67. The van der Waals surface area contributed by atoms with Gasteiger partial charge in [0.15, 0.2) is 0 Å². The van der Waals surface area contributed by atoms with Crippen LogP contribution in [0.3, 0.4) is 0 Å². The smallest absolute Gasteiger partial charge is 0.400 e. The first-order valence-electron chi connectivity index (χ1n) is 7.95. The maximum atomic E-state index is 11.3. The molecule has 2 heterocycles. The molecule has 7 nitrogen and oxygen atoms in total. The molecule has 130 valence electrons. The van der Waals surface area contributed by atoms with Crippen LogP contribution in [0.15, 0.2) is 17.9 Å². The average molecular weight is 332 g/mol. The first kappa shape index (κ1) is 18.4. The molecule has 0 aliphatic carbocycles. The fourth-order valence-electron chi connectivity index (χ4n) is 2.18. The van der Waals surface area contributed by atoms with Crippen molar-refractivity contribution in [2.75, 3.05) is 18.9 Å². The van der Waals surface area contributed by atoms with Gasteiger partial charge >= 0.3 is 7.12 Å². The number of hydrogen-bond acceptors (Lipinski definition) is 6. The van der Waals surface area contributed by atoms with Gasteiger partial charge in [0.1, 0.15) is 0 Å². The topological polar surface area (TPSA) is 85.4 Å². The van der Waals surface area contributed by atoms with Crippen molar-refractivity contribution in [3.8, 4) is 0 Å². The van der Waals surface area contributed by atoms with Crippen LogP contribution in [-0.4, -0.2) is 47.8 Å². The van der Waals surface area contributed by atoms with Gasteiger partial charge in [0.05, 0.1) is 11.2 Å². The Bertz CT molecular complexity index is 613. The van der Waals surface area contributed by atoms with E-state index < -0.39 is 18.3 Å². The van der Waals surface area contributed by atoms with Gasteiger partial charge in [0.2, 0.25) is 11.9 Å². The molecule has 0 radical (unpaired) electrons. The summed E-state index contributed by atoms with van der Waals surface area (Å²) in [4.78, 5) is 19.7. The lowest BCUT2D eigenvalue weighted by molar-refractivity contribution is -0.118. The van der Waals surface area contributed by atoms with Crippen LogP contribution in [0.4, 0.5) is 5.95 Å². The van der Waals surface area contributed by atoms with Crippen molar-refractivity contribution in [1.82, 2.24) is 15.3 Å². The van der Waals surface area contributed by atoms with Gasteiger partial charge in [-0.1, -0.05) is 6.08 Å². The van der Waals surface area contributed by atoms with Gasteiger partial charge in [-0.25, -0.2) is 9.97 Å². The van der Waals surface area contributed by atoms with Crippen LogP contribution in [0, 0.1) is 0 Å². The summed E-state index contributed by atoms with van der Waals surface area (Å²) in [5.41, 5.74) is 0.729. The number of amides is 1. The number of carbonyl (C=O) groups excluding carboxylic acids is 1. The van der Waals surface area contributed by atoms with Gasteiger partial charge in [-0.15, -0.1) is 0 Å². The molecule has 1 fully saturated rings. The van der Waals surface area contributed by atoms with Crippen LogP contribution in [0.2, 0.25) is 0 Å². The Balaban J connectivity index is 2.27. The Hall–Kier alpha value is -1.93. The lowest BCUT2D eigenvalue weighted by Gasteiger charge is -2.32. The second-order valence-electron chi connectivity index (χ2n) is 6.81. The molecule has 0 spiro atoms. The Morgan fingerprint density at radius 1 is 1.21 bits per heavy atom. The molecule has 0 bridgehead atoms. The second kappa shape index (κ2) is 6.90. The predicted molar refractivity (Wildman–Crippen MR) is 94.3 cm³/mol. The molecule has 1 amide bonds. The van der Waals surface area contributed by atoms with E-state index in [1.54, 1.807) is 19.4 Å². The highest BCUT2D eigenvalue weighted by molar-refractivity contribution is 6.56. The molecule has 0 unspecified atom stereocenters. The molecular weight excluding hydrogens is 307 g/mol. The van der Waals surface area contributed by atoms with Gasteiger partial charge in [-0.2, -0.15) is 0 Å². The predicted octanol–water partition coefficient (Wildman–Crippen LogP) is 1.67. The third-order valence-corrected chi connectivity index (χ3v) is 4.34. The molecule has 0 aromatic carbocycles. The summed E-state index contributed by atoms with van der Waals surface area (Å²) in [7, 11) is 1.23. The maximum absolute atomic E-state index is 11.3. The van der Waals surface area contributed by atoms with Crippen molar-refractivity contribution in [1.29, 1.82) is 0 Å². The molecule has 0 saturated carbocycles. The molecule has 1 aromatic heterocycles. The molecule has 8 heteroatoms. The number of nitrogens with zero attached hydrogens (tertiary/aromatic N) is 2. The highest BCUT2D eigenvalue weighted by Crippen LogP contribution is 2.38. The van der Waals surface area contributed by atoms with Crippen molar-refractivity contribution >= 4 is 25.0 Å². The van der Waals surface area contributed by atoms with E-state index in [9.17, 15) is 4.79 Å². The third kappa shape index (κ3) is 4.13. The van der Waals surface area contributed by atoms with E-state index in [2.05, 4.69) is 20.6 Å². The van der Waals surface area contributed by atoms with Gasteiger partial charge < -0.3 is 19.9 Å². The van der Waals surface area contributed by atoms with Crippen molar-refractivity contribution in [2.45, 2.75) is 45.8 Å². The van der Waals surface area contributed by atoms with Crippen molar-refractivity contribution in [3.63, 3.8) is 0 Å². The molecule has 1 aromatic rings. The number of aromatic nitrogens is 2. The van der Waals surface area contributed by atoms with Crippen LogP contribution in [0.25, 0.3) is 6.08 Å². The number of rotatable bonds is 5. The Labute approximate surface area is 143 Å². The minimum absolute atomic E-state index is 0.112. The Kier molecular flexibility index (Phi) is 5.30. The quantitative estimate of drug-likeness (QED) is 0.798. The zero-order valence-corrected chi connectivity index (χ0v) is 15.1. The van der Waals surface area contributed by atoms with E-state index in [-0.39, 0.29) is 5.91 Å². The van der Waals surface area contributed by atoms with Crippen LogP contribution in [0.5, 0.6) is 0 Å². The van der Waals surface area contributed by atoms with Crippen molar-refractivity contribution < 1.29 is 14.1 Å². The first-order chi connectivity index (χ1) is 11.1. The van der Waals surface area contributed by atoms with Gasteiger partial charge in [-0.3, -0.25) is 4.79 Å². The third-order valence-electron chi connectivity index (χ3n) is 4.34. The molecule has 1 saturated heterocycles. The summed E-state index contributed by atoms with van der Waals surface area (Å²) in [6, 6.07) is 0. The molecule has 1 aliphatic rings. The molecule has 24 heavy (non-hydrogen) atoms. The summed E-state index contributed by atoms with van der Waals surface area (Å²) in [5.74, 6) is 0.436. The van der Waals surface area contributed by atoms with Crippen LogP contribution in [-0.2, 0) is 14.1 Å². The van der Waals surface area contributed by atoms with Gasteiger partial charge in [-0.05, 0) is 33.2 Å².